The van der Waals surface area contributed by atoms with E-state index < -0.39 is 0 Å². The highest BCUT2D eigenvalue weighted by Crippen LogP contribution is 2.38. The molecular weight excluding hydrogens is 250 g/mol. The first kappa shape index (κ1) is 13.5. The standard InChI is InChI=1S/C17H25NS/c1-19-17-10-6-5-9-16(17)18-15-11-14(12-15)13-7-3-2-4-8-13/h2-4,7-8,14-18H,5-6,9-12H2,1H3. The van der Waals surface area contributed by atoms with E-state index in [1.54, 1.807) is 0 Å². The zero-order chi connectivity index (χ0) is 13.1. The summed E-state index contributed by atoms with van der Waals surface area (Å²) in [6.45, 7) is 0. The summed E-state index contributed by atoms with van der Waals surface area (Å²) in [5.41, 5.74) is 1.53. The molecule has 0 heterocycles. The third kappa shape index (κ3) is 3.17. The third-order valence-corrected chi connectivity index (χ3v) is 6.03. The molecule has 2 aliphatic carbocycles. The van der Waals surface area contributed by atoms with Gasteiger partial charge in [-0.05, 0) is 43.4 Å². The maximum atomic E-state index is 3.94. The minimum absolute atomic E-state index is 0.767. The molecule has 2 heteroatoms. The van der Waals surface area contributed by atoms with Crippen molar-refractivity contribution < 1.29 is 0 Å². The maximum Gasteiger partial charge on any atom is 0.0198 e. The molecule has 3 rings (SSSR count). The van der Waals surface area contributed by atoms with Gasteiger partial charge in [0.05, 0.1) is 0 Å². The van der Waals surface area contributed by atoms with Crippen molar-refractivity contribution in [1.29, 1.82) is 0 Å². The van der Waals surface area contributed by atoms with Gasteiger partial charge in [-0.1, -0.05) is 43.2 Å². The van der Waals surface area contributed by atoms with Crippen LogP contribution >= 0.6 is 11.8 Å². The number of hydrogen-bond acceptors (Lipinski definition) is 2. The zero-order valence-electron chi connectivity index (χ0n) is 11.8. The molecule has 0 amide bonds. The summed E-state index contributed by atoms with van der Waals surface area (Å²) in [6, 6.07) is 12.6. The van der Waals surface area contributed by atoms with Gasteiger partial charge in [0.15, 0.2) is 0 Å². The highest BCUT2D eigenvalue weighted by atomic mass is 32.2. The molecule has 0 bridgehead atoms. The van der Waals surface area contributed by atoms with E-state index in [2.05, 4.69) is 53.7 Å². The summed E-state index contributed by atoms with van der Waals surface area (Å²) in [7, 11) is 0. The highest BCUT2D eigenvalue weighted by Gasteiger charge is 2.34. The second-order valence-corrected chi connectivity index (χ2v) is 7.18. The van der Waals surface area contributed by atoms with Gasteiger partial charge in [-0.2, -0.15) is 11.8 Å². The largest absolute Gasteiger partial charge is 0.310 e. The Hall–Kier alpha value is -0.470. The molecule has 0 spiro atoms. The molecule has 104 valence electrons. The molecule has 0 aromatic heterocycles. The van der Waals surface area contributed by atoms with E-state index in [9.17, 15) is 0 Å². The Morgan fingerprint density at radius 1 is 1.05 bits per heavy atom. The lowest BCUT2D eigenvalue weighted by Crippen LogP contribution is -2.50. The Kier molecular flexibility index (Phi) is 4.49. The highest BCUT2D eigenvalue weighted by molar-refractivity contribution is 7.99. The van der Waals surface area contributed by atoms with Crippen molar-refractivity contribution in [2.75, 3.05) is 6.26 Å². The van der Waals surface area contributed by atoms with Crippen LogP contribution in [0.15, 0.2) is 30.3 Å². The number of hydrogen-bond donors (Lipinski definition) is 1. The average molecular weight is 275 g/mol. The van der Waals surface area contributed by atoms with Gasteiger partial charge in [-0.25, -0.2) is 0 Å². The van der Waals surface area contributed by atoms with Crippen LogP contribution in [-0.2, 0) is 0 Å². The van der Waals surface area contributed by atoms with Crippen molar-refractivity contribution in [3.63, 3.8) is 0 Å². The quantitative estimate of drug-likeness (QED) is 0.884. The van der Waals surface area contributed by atoms with Crippen molar-refractivity contribution in [2.24, 2.45) is 0 Å². The van der Waals surface area contributed by atoms with Crippen LogP contribution in [0.4, 0.5) is 0 Å². The Morgan fingerprint density at radius 2 is 1.79 bits per heavy atom. The van der Waals surface area contributed by atoms with E-state index in [0.717, 1.165) is 23.3 Å². The topological polar surface area (TPSA) is 12.0 Å². The summed E-state index contributed by atoms with van der Waals surface area (Å²) >= 11 is 2.07. The fourth-order valence-corrected chi connectivity index (χ4v) is 4.57. The van der Waals surface area contributed by atoms with Gasteiger partial charge in [0.25, 0.3) is 0 Å². The first-order valence-corrected chi connectivity index (χ1v) is 8.99. The van der Waals surface area contributed by atoms with Gasteiger partial charge < -0.3 is 5.32 Å². The lowest BCUT2D eigenvalue weighted by Gasteiger charge is -2.41. The van der Waals surface area contributed by atoms with Crippen LogP contribution in [0.1, 0.15) is 50.0 Å². The van der Waals surface area contributed by atoms with E-state index >= 15 is 0 Å². The average Bonchev–Trinajstić information content (AvgIpc) is 2.43. The third-order valence-electron chi connectivity index (χ3n) is 4.86. The summed E-state index contributed by atoms with van der Waals surface area (Å²) in [6.07, 6.45) is 10.6. The monoisotopic (exact) mass is 275 g/mol. The Balaban J connectivity index is 1.48. The lowest BCUT2D eigenvalue weighted by atomic mass is 9.75. The molecule has 0 saturated heterocycles. The van der Waals surface area contributed by atoms with E-state index in [0.29, 0.717) is 0 Å². The Labute approximate surface area is 121 Å². The Morgan fingerprint density at radius 3 is 2.53 bits per heavy atom. The smallest absolute Gasteiger partial charge is 0.0198 e. The van der Waals surface area contributed by atoms with Crippen molar-refractivity contribution in [3.05, 3.63) is 35.9 Å². The molecule has 2 atom stereocenters. The van der Waals surface area contributed by atoms with Crippen LogP contribution < -0.4 is 5.32 Å². The molecule has 19 heavy (non-hydrogen) atoms. The van der Waals surface area contributed by atoms with E-state index in [1.165, 1.54) is 44.1 Å². The van der Waals surface area contributed by atoms with Crippen LogP contribution in [0.5, 0.6) is 0 Å². The second kappa shape index (κ2) is 6.32. The molecule has 0 radical (unpaired) electrons. The number of rotatable bonds is 4. The van der Waals surface area contributed by atoms with Gasteiger partial charge in [0, 0.05) is 17.3 Å². The fraction of sp³-hybridized carbons (Fsp3) is 0.647. The summed E-state index contributed by atoms with van der Waals surface area (Å²) < 4.78 is 0. The first-order chi connectivity index (χ1) is 9.36. The SMILES string of the molecule is CSC1CCCCC1NC1CC(c2ccccc2)C1. The molecule has 0 aliphatic heterocycles. The van der Waals surface area contributed by atoms with Crippen molar-refractivity contribution in [3.8, 4) is 0 Å². The predicted molar refractivity (Wildman–Crippen MR) is 84.9 cm³/mol. The lowest BCUT2D eigenvalue weighted by molar-refractivity contribution is 0.242. The molecule has 1 aromatic rings. The number of nitrogens with one attached hydrogen (secondary N) is 1. The molecule has 2 unspecified atom stereocenters. The fourth-order valence-electron chi connectivity index (χ4n) is 3.62. The number of benzene rings is 1. The van der Waals surface area contributed by atoms with Crippen LogP contribution in [0, 0.1) is 0 Å². The van der Waals surface area contributed by atoms with Gasteiger partial charge in [-0.15, -0.1) is 0 Å². The van der Waals surface area contributed by atoms with E-state index in [-0.39, 0.29) is 0 Å². The van der Waals surface area contributed by atoms with Gasteiger partial charge in [0.1, 0.15) is 0 Å². The summed E-state index contributed by atoms with van der Waals surface area (Å²) in [4.78, 5) is 0. The van der Waals surface area contributed by atoms with Crippen LogP contribution in [0.3, 0.4) is 0 Å². The molecule has 2 fully saturated rings. The molecule has 2 saturated carbocycles. The Bertz CT molecular complexity index is 386. The molecule has 1 nitrogen and oxygen atoms in total. The zero-order valence-corrected chi connectivity index (χ0v) is 12.7. The molecular formula is C17H25NS. The van der Waals surface area contributed by atoms with Gasteiger partial charge in [-0.3, -0.25) is 0 Å². The predicted octanol–water partition coefficient (Wildman–Crippen LogP) is 4.20. The van der Waals surface area contributed by atoms with Crippen LogP contribution in [0.2, 0.25) is 0 Å². The summed E-state index contributed by atoms with van der Waals surface area (Å²) in [5.74, 6) is 0.801. The normalized spacial score (nSPS) is 34.8. The van der Waals surface area contributed by atoms with E-state index in [4.69, 9.17) is 0 Å². The van der Waals surface area contributed by atoms with Crippen LogP contribution in [0.25, 0.3) is 0 Å². The van der Waals surface area contributed by atoms with Gasteiger partial charge >= 0.3 is 0 Å². The molecule has 1 aromatic carbocycles. The minimum atomic E-state index is 0.767. The van der Waals surface area contributed by atoms with Gasteiger partial charge in [0.2, 0.25) is 0 Å². The minimum Gasteiger partial charge on any atom is -0.310 e. The molecule has 1 N–H and O–H groups in total. The van der Waals surface area contributed by atoms with Crippen molar-refractivity contribution >= 4 is 11.8 Å². The van der Waals surface area contributed by atoms with E-state index in [1.807, 2.05) is 0 Å². The van der Waals surface area contributed by atoms with Crippen molar-refractivity contribution in [2.45, 2.75) is 61.8 Å². The van der Waals surface area contributed by atoms with Crippen molar-refractivity contribution in [1.82, 2.24) is 5.32 Å². The number of thioether (sulfide) groups is 1. The maximum absolute atomic E-state index is 3.94. The van der Waals surface area contributed by atoms with Crippen LogP contribution in [-0.4, -0.2) is 23.6 Å². The molecule has 2 aliphatic rings. The second-order valence-electron chi connectivity index (χ2n) is 6.11. The summed E-state index contributed by atoms with van der Waals surface area (Å²) in [5, 5.41) is 4.79. The first-order valence-electron chi connectivity index (χ1n) is 7.70.